The topological polar surface area (TPSA) is 101 Å². The fourth-order valence-corrected chi connectivity index (χ4v) is 0.727. The van der Waals surface area contributed by atoms with E-state index in [-0.39, 0.29) is 0 Å². The molecule has 3 unspecified atom stereocenters. The van der Waals surface area contributed by atoms with Crippen LogP contribution >= 0.6 is 0 Å². The van der Waals surface area contributed by atoms with Crippen molar-refractivity contribution in [3.63, 3.8) is 0 Å². The second-order valence-electron chi connectivity index (χ2n) is 2.02. The van der Waals surface area contributed by atoms with Crippen LogP contribution in [0.15, 0.2) is 0 Å². The quantitative estimate of drug-likeness (QED) is 0.282. The highest BCUT2D eigenvalue weighted by molar-refractivity contribution is 5.90. The maximum atomic E-state index is 10.6. The van der Waals surface area contributed by atoms with E-state index in [1.807, 2.05) is 0 Å². The average Bonchev–Trinajstić information content (AvgIpc) is 1.98. The molecule has 3 atom stereocenters. The fraction of sp³-hybridized carbons (Fsp3) is 0.750. The molecule has 0 radical (unpaired) electrons. The van der Waals surface area contributed by atoms with Crippen LogP contribution in [0, 0.1) is 0 Å². The first-order valence-electron chi connectivity index (χ1n) is 2.62. The van der Waals surface area contributed by atoms with Crippen molar-refractivity contribution in [2.24, 2.45) is 11.5 Å². The number of carbonyl (C=O) groups is 1. The van der Waals surface area contributed by atoms with Crippen molar-refractivity contribution in [1.29, 1.82) is 0 Å². The van der Waals surface area contributed by atoms with Gasteiger partial charge < -0.3 is 16.6 Å². The van der Waals surface area contributed by atoms with E-state index < -0.39 is 24.2 Å². The summed E-state index contributed by atoms with van der Waals surface area (Å²) in [5.74, 6) is -0.442. The van der Waals surface area contributed by atoms with Gasteiger partial charge in [0.05, 0.1) is 12.2 Å². The second kappa shape index (κ2) is 2.03. The van der Waals surface area contributed by atoms with Gasteiger partial charge >= 0.3 is 0 Å². The van der Waals surface area contributed by atoms with Crippen LogP contribution in [0.4, 0.5) is 0 Å². The Balaban J connectivity index is 2.65. The fourth-order valence-electron chi connectivity index (χ4n) is 0.727. The third-order valence-electron chi connectivity index (χ3n) is 1.34. The molecule has 0 aromatic rings. The smallest absolute Gasteiger partial charge is 0.195 e. The molecule has 1 heterocycles. The minimum Gasteiger partial charge on any atom is -0.371 e. The van der Waals surface area contributed by atoms with Crippen molar-refractivity contribution >= 4 is 5.78 Å². The molecule has 9 heavy (non-hydrogen) atoms. The lowest BCUT2D eigenvalue weighted by molar-refractivity contribution is -0.125. The summed E-state index contributed by atoms with van der Waals surface area (Å²) >= 11 is 0. The first-order valence-corrected chi connectivity index (χ1v) is 2.62. The van der Waals surface area contributed by atoms with Gasteiger partial charge in [0.25, 0.3) is 0 Å². The summed E-state index contributed by atoms with van der Waals surface area (Å²) in [6.45, 7) is 0. The zero-order valence-electron chi connectivity index (χ0n) is 4.74. The monoisotopic (exact) mass is 131 g/mol. The highest BCUT2D eigenvalue weighted by Gasteiger charge is 2.35. The van der Waals surface area contributed by atoms with Gasteiger partial charge in [0.1, 0.15) is 0 Å². The molecule has 0 aromatic carbocycles. The highest BCUT2D eigenvalue weighted by atomic mass is 16.3. The predicted octanol–water partition coefficient (Wildman–Crippen LogP) is -2.91. The number of nitrogens with two attached hydrogens (primary N) is 2. The van der Waals surface area contributed by atoms with E-state index in [1.54, 1.807) is 0 Å². The Labute approximate surface area is 52.0 Å². The maximum absolute atomic E-state index is 10.6. The van der Waals surface area contributed by atoms with Crippen LogP contribution in [0.3, 0.4) is 0 Å². The predicted molar refractivity (Wildman–Crippen MR) is 30.1 cm³/mol. The highest BCUT2D eigenvalue weighted by Crippen LogP contribution is 1.99. The molecular weight excluding hydrogens is 122 g/mol. The summed E-state index contributed by atoms with van der Waals surface area (Å²) in [4.78, 5) is 10.6. The molecule has 5 heteroatoms. The Morgan fingerprint density at radius 2 is 2.11 bits per heavy atom. The van der Waals surface area contributed by atoms with Crippen LogP contribution in [0.5, 0.6) is 0 Å². The first kappa shape index (κ1) is 6.63. The van der Waals surface area contributed by atoms with Crippen LogP contribution in [-0.4, -0.2) is 29.3 Å². The van der Waals surface area contributed by atoms with Crippen molar-refractivity contribution < 1.29 is 9.90 Å². The number of rotatable bonds is 0. The third kappa shape index (κ3) is 0.948. The first-order chi connectivity index (χ1) is 4.13. The lowest BCUT2D eigenvalue weighted by atomic mass is 10.2. The van der Waals surface area contributed by atoms with E-state index in [1.165, 1.54) is 0 Å². The number of aliphatic hydroxyl groups excluding tert-OH is 1. The molecule has 5 nitrogen and oxygen atoms in total. The van der Waals surface area contributed by atoms with Crippen molar-refractivity contribution in [3.05, 3.63) is 0 Å². The molecule has 0 aliphatic carbocycles. The molecule has 52 valence electrons. The van der Waals surface area contributed by atoms with Crippen molar-refractivity contribution in [2.45, 2.75) is 18.4 Å². The van der Waals surface area contributed by atoms with Gasteiger partial charge in [0.15, 0.2) is 12.0 Å². The van der Waals surface area contributed by atoms with Crippen molar-refractivity contribution in [2.75, 3.05) is 0 Å². The SMILES string of the molecule is NC1NC(O)C(=O)C1N. The Kier molecular flexibility index (Phi) is 1.50. The summed E-state index contributed by atoms with van der Waals surface area (Å²) in [6.07, 6.45) is -1.78. The zero-order valence-corrected chi connectivity index (χ0v) is 4.74. The summed E-state index contributed by atoms with van der Waals surface area (Å²) in [6, 6.07) is -0.764. The Hall–Kier alpha value is -0.490. The van der Waals surface area contributed by atoms with Crippen LogP contribution in [0.1, 0.15) is 0 Å². The minimum atomic E-state index is -1.17. The molecule has 0 saturated carbocycles. The Bertz CT molecular complexity index is 138. The number of nitrogens with one attached hydrogen (secondary N) is 1. The minimum absolute atomic E-state index is 0.442. The van der Waals surface area contributed by atoms with Gasteiger partial charge in [-0.1, -0.05) is 0 Å². The van der Waals surface area contributed by atoms with Gasteiger partial charge in [0.2, 0.25) is 0 Å². The number of hydrogen-bond donors (Lipinski definition) is 4. The van der Waals surface area contributed by atoms with E-state index in [4.69, 9.17) is 16.6 Å². The largest absolute Gasteiger partial charge is 0.371 e. The van der Waals surface area contributed by atoms with Crippen LogP contribution < -0.4 is 16.8 Å². The molecule has 1 rings (SSSR count). The van der Waals surface area contributed by atoms with Crippen molar-refractivity contribution in [3.8, 4) is 0 Å². The summed E-state index contributed by atoms with van der Waals surface area (Å²) in [5, 5.41) is 11.1. The van der Waals surface area contributed by atoms with Gasteiger partial charge in [-0.15, -0.1) is 0 Å². The van der Waals surface area contributed by atoms with Crippen LogP contribution in [0.25, 0.3) is 0 Å². The molecular formula is C4H9N3O2. The van der Waals surface area contributed by atoms with E-state index in [9.17, 15) is 4.79 Å². The van der Waals surface area contributed by atoms with Crippen LogP contribution in [0.2, 0.25) is 0 Å². The summed E-state index contributed by atoms with van der Waals surface area (Å²) in [7, 11) is 0. The lowest BCUT2D eigenvalue weighted by Gasteiger charge is -2.04. The number of aliphatic hydroxyl groups is 1. The number of ketones is 1. The van der Waals surface area contributed by atoms with Gasteiger partial charge in [-0.25, -0.2) is 0 Å². The van der Waals surface area contributed by atoms with Crippen LogP contribution in [-0.2, 0) is 4.79 Å². The van der Waals surface area contributed by atoms with Gasteiger partial charge in [-0.05, 0) is 0 Å². The second-order valence-corrected chi connectivity index (χ2v) is 2.02. The molecule has 0 bridgehead atoms. The molecule has 1 fully saturated rings. The number of hydrogen-bond acceptors (Lipinski definition) is 5. The molecule has 0 amide bonds. The molecule has 0 spiro atoms. The molecule has 1 aliphatic rings. The van der Waals surface area contributed by atoms with Gasteiger partial charge in [-0.2, -0.15) is 0 Å². The average molecular weight is 131 g/mol. The Morgan fingerprint density at radius 3 is 2.22 bits per heavy atom. The van der Waals surface area contributed by atoms with E-state index in [2.05, 4.69) is 5.32 Å². The maximum Gasteiger partial charge on any atom is 0.195 e. The third-order valence-corrected chi connectivity index (χ3v) is 1.34. The van der Waals surface area contributed by atoms with Gasteiger partial charge in [-0.3, -0.25) is 10.1 Å². The van der Waals surface area contributed by atoms with E-state index >= 15 is 0 Å². The zero-order chi connectivity index (χ0) is 7.02. The number of carbonyl (C=O) groups excluding carboxylic acids is 1. The Morgan fingerprint density at radius 1 is 1.56 bits per heavy atom. The number of Topliss-reactive ketones (excluding diaryl/α,β-unsaturated/α-hetero) is 1. The standard InChI is InChI=1S/C4H9N3O2/c5-1-2(8)4(9)7-3(1)6/h1,3-4,7,9H,5-6H2. The molecule has 0 aromatic heterocycles. The van der Waals surface area contributed by atoms with Gasteiger partial charge in [0, 0.05) is 0 Å². The summed E-state index contributed by atoms with van der Waals surface area (Å²) in [5.41, 5.74) is 10.5. The van der Waals surface area contributed by atoms with E-state index in [0.717, 1.165) is 0 Å². The normalized spacial score (nSPS) is 43.9. The molecule has 1 aliphatic heterocycles. The summed E-state index contributed by atoms with van der Waals surface area (Å²) < 4.78 is 0. The van der Waals surface area contributed by atoms with E-state index in [0.29, 0.717) is 0 Å². The molecule has 1 saturated heterocycles. The lowest BCUT2D eigenvalue weighted by Crippen LogP contribution is -2.45. The van der Waals surface area contributed by atoms with Crippen molar-refractivity contribution in [1.82, 2.24) is 5.32 Å². The molecule has 6 N–H and O–H groups in total.